The number of thiol groups is 1. The molecule has 6 saturated heterocycles. The van der Waals surface area contributed by atoms with Crippen LogP contribution in [-0.2, 0) is 80.6 Å². The number of anilines is 3. The first kappa shape index (κ1) is 64.0. The number of nitrogens with two attached hydrogens (primary N) is 3. The lowest BCUT2D eigenvalue weighted by Crippen LogP contribution is -2.36. The Morgan fingerprint density at radius 1 is 0.516 bits per heavy atom. The smallest absolute Gasteiger partial charge is 0.398 e. The molecule has 14 rings (SSSR count). The maximum Gasteiger partial charge on any atom is 0.472 e. The van der Waals surface area contributed by atoms with Crippen LogP contribution < -0.4 is 33.9 Å². The van der Waals surface area contributed by atoms with Crippen molar-refractivity contribution in [3.63, 3.8) is 0 Å². The van der Waals surface area contributed by atoms with Crippen molar-refractivity contribution in [3.05, 3.63) is 98.2 Å². The van der Waals surface area contributed by atoms with Gasteiger partial charge in [0, 0.05) is 42.1 Å². The maximum atomic E-state index is 13.5. The summed E-state index contributed by atoms with van der Waals surface area (Å²) >= 11 is 9.33. The van der Waals surface area contributed by atoms with Gasteiger partial charge >= 0.3 is 29.2 Å². The monoisotopic (exact) mass is 1390 g/mol. The number of aliphatic hydroxyl groups is 4. The number of pyridine rings is 1. The van der Waals surface area contributed by atoms with E-state index in [-0.39, 0.29) is 50.8 Å². The molecule has 45 heteroatoms. The lowest BCUT2D eigenvalue weighted by Gasteiger charge is -2.27. The van der Waals surface area contributed by atoms with E-state index < -0.39 is 170 Å². The first-order valence-corrected chi connectivity index (χ1v) is 35.3. The highest BCUT2D eigenvalue weighted by Gasteiger charge is 2.56. The van der Waals surface area contributed by atoms with E-state index in [1.165, 1.54) is 61.3 Å². The van der Waals surface area contributed by atoms with Gasteiger partial charge in [-0.2, -0.15) is 9.97 Å². The number of phosphoric acid groups is 2. The van der Waals surface area contributed by atoms with E-state index in [4.69, 9.17) is 84.1 Å². The van der Waals surface area contributed by atoms with Crippen molar-refractivity contribution in [2.24, 2.45) is 0 Å². The maximum absolute atomic E-state index is 13.5. The number of aromatic nitrogens is 11. The van der Waals surface area contributed by atoms with E-state index >= 15 is 0 Å². The van der Waals surface area contributed by atoms with Crippen LogP contribution in [-0.4, -0.2) is 188 Å². The predicted octanol–water partition coefficient (Wildman–Crippen LogP) is -0.585. The number of nitrogen functional groups attached to an aromatic ring is 3. The van der Waals surface area contributed by atoms with Crippen LogP contribution in [0.15, 0.2) is 75.7 Å². The molecular formula is C46H54N14O25P4S2. The number of hydrogen-bond donors (Lipinski definition) is 14. The number of phosphoric ester groups is 2. The van der Waals surface area contributed by atoms with Crippen LogP contribution in [0.2, 0.25) is 0 Å². The number of ether oxygens (including phenoxy) is 4. The van der Waals surface area contributed by atoms with E-state index in [1.54, 1.807) is 25.3 Å². The third-order valence-corrected chi connectivity index (χ3v) is 20.7. The molecular weight excluding hydrogens is 1340 g/mol. The van der Waals surface area contributed by atoms with E-state index in [2.05, 4.69) is 47.1 Å². The average Bonchev–Trinajstić information content (AvgIpc) is 1.65. The fourth-order valence-electron chi connectivity index (χ4n) is 11.4. The number of H-pyrrole nitrogens is 3. The second-order valence-corrected chi connectivity index (χ2v) is 29.8. The first-order valence-electron chi connectivity index (χ1n) is 27.0. The first-order chi connectivity index (χ1) is 43.0. The molecule has 6 aliphatic heterocycles. The van der Waals surface area contributed by atoms with Crippen LogP contribution in [0.3, 0.4) is 0 Å². The quantitative estimate of drug-likeness (QED) is 0.0774. The Kier molecular flexibility index (Phi) is 16.8. The molecule has 6 aliphatic rings. The molecule has 8 aromatic heterocycles. The molecule has 0 amide bonds. The van der Waals surface area contributed by atoms with Crippen molar-refractivity contribution in [2.45, 2.75) is 105 Å². The van der Waals surface area contributed by atoms with Crippen molar-refractivity contribution in [2.75, 3.05) is 43.6 Å². The van der Waals surface area contributed by atoms with Gasteiger partial charge in [-0.05, 0) is 49.1 Å². The Morgan fingerprint density at radius 2 is 0.923 bits per heavy atom. The molecule has 4 bridgehead atoms. The van der Waals surface area contributed by atoms with Crippen molar-refractivity contribution in [1.29, 1.82) is 0 Å². The molecule has 6 fully saturated rings. The summed E-state index contributed by atoms with van der Waals surface area (Å²) < 4.78 is 112. The zero-order valence-electron chi connectivity index (χ0n) is 46.3. The molecule has 14 heterocycles. The van der Waals surface area contributed by atoms with Gasteiger partial charge in [-0.1, -0.05) is 12.2 Å². The highest BCUT2D eigenvalue weighted by molar-refractivity contribution is 8.44. The van der Waals surface area contributed by atoms with Gasteiger partial charge in [0.2, 0.25) is 11.9 Å². The Bertz CT molecular complexity index is 4550. The number of aryl methyl sites for hydroxylation is 1. The Balaban J connectivity index is 0.000000167. The minimum Gasteiger partial charge on any atom is -0.398 e. The second kappa shape index (κ2) is 23.9. The predicted molar refractivity (Wildman–Crippen MR) is 314 cm³/mol. The minimum absolute atomic E-state index is 0.0389. The summed E-state index contributed by atoms with van der Waals surface area (Å²) in [4.78, 5) is 93.6. The molecule has 0 aliphatic carbocycles. The van der Waals surface area contributed by atoms with E-state index in [9.17, 15) is 63.2 Å². The molecule has 8 aromatic rings. The van der Waals surface area contributed by atoms with Gasteiger partial charge in [0.15, 0.2) is 36.2 Å². The molecule has 8 unspecified atom stereocenters. The molecule has 20 atom stereocenters. The van der Waals surface area contributed by atoms with Gasteiger partial charge in [-0.25, -0.2) is 23.7 Å². The number of aliphatic hydroxyl groups excluding tert-OH is 4. The topological polar surface area (TPSA) is 552 Å². The van der Waals surface area contributed by atoms with E-state index in [0.29, 0.717) is 16.7 Å². The van der Waals surface area contributed by atoms with E-state index in [1.807, 2.05) is 0 Å². The van der Waals surface area contributed by atoms with Crippen molar-refractivity contribution in [3.8, 4) is 0 Å². The summed E-state index contributed by atoms with van der Waals surface area (Å²) in [6.45, 7) is -9.75. The largest absolute Gasteiger partial charge is 0.472 e. The number of hydrogen-bond acceptors (Lipinski definition) is 30. The normalized spacial score (nSPS) is 37.4. The fourth-order valence-corrected chi connectivity index (χ4v) is 16.2. The zero-order chi connectivity index (χ0) is 64.5. The zero-order valence-corrected chi connectivity index (χ0v) is 51.6. The number of fused-ring (bicyclic) bond motifs is 10. The van der Waals surface area contributed by atoms with Crippen LogP contribution in [0.1, 0.15) is 30.7 Å². The fraction of sp³-hybridized carbons (Fsp3) is 0.457. The number of nitrogens with one attached hydrogen (secondary N) is 3. The highest BCUT2D eigenvalue weighted by Crippen LogP contribution is 2.59. The molecule has 16 N–H and O–H groups in total. The van der Waals surface area contributed by atoms with Crippen molar-refractivity contribution in [1.82, 2.24) is 53.2 Å². The van der Waals surface area contributed by atoms with Gasteiger partial charge in [-0.15, -0.1) is 0 Å². The molecule has 39 nitrogen and oxygen atoms in total. The second-order valence-electron chi connectivity index (χ2n) is 21.4. The summed E-state index contributed by atoms with van der Waals surface area (Å²) in [7, 11) is -10.0. The van der Waals surface area contributed by atoms with Crippen LogP contribution in [0.25, 0.3) is 44.1 Å². The lowest BCUT2D eigenvalue weighted by atomic mass is 10.1. The molecule has 91 heavy (non-hydrogen) atoms. The van der Waals surface area contributed by atoms with Crippen molar-refractivity contribution < 1.29 is 104 Å². The van der Waals surface area contributed by atoms with Gasteiger partial charge < -0.3 is 99.0 Å². The summed E-state index contributed by atoms with van der Waals surface area (Å²) in [6.07, 6.45) is -15.8. The highest BCUT2D eigenvalue weighted by atomic mass is 32.7. The van der Waals surface area contributed by atoms with Gasteiger partial charge in [0.1, 0.15) is 90.4 Å². The summed E-state index contributed by atoms with van der Waals surface area (Å²) in [5.41, 5.74) is 16.9. The summed E-state index contributed by atoms with van der Waals surface area (Å²) in [6, 6.07) is 7.53. The SMILES string of the molecule is Cc1nc2c(ccn2[C@@H]2O[C@@H]3COP(=O)(O)O[C@@H]4C(O)[C@H](n5ccc6c(=O)[nH]c(N)nc65)O[C@@H]4COP(O)(=S)O[C@H]2C3O)c(=O)[nH]1.Nc1nc2c(ccn2[C@@H]2O[C@@H]3COP(=O)(S)O[C@H]4C(O)[C@@H](COP(=O)(O)O[C@@H]3C2O)O[C@H]4n2ccc3c(N)ccnc32)c(=O)[nH]1. The van der Waals surface area contributed by atoms with Gasteiger partial charge in [0.05, 0.1) is 42.6 Å². The Labute approximate surface area is 516 Å². The van der Waals surface area contributed by atoms with Crippen LogP contribution >= 0.6 is 41.4 Å². The van der Waals surface area contributed by atoms with E-state index in [0.717, 1.165) is 0 Å². The third kappa shape index (κ3) is 12.2. The summed E-state index contributed by atoms with van der Waals surface area (Å²) in [5, 5.41) is 45.7. The Morgan fingerprint density at radius 3 is 1.43 bits per heavy atom. The van der Waals surface area contributed by atoms with Crippen LogP contribution in [0.4, 0.5) is 17.6 Å². The van der Waals surface area contributed by atoms with Crippen molar-refractivity contribution >= 4 is 115 Å². The molecule has 0 spiro atoms. The molecule has 0 aromatic carbocycles. The number of rotatable bonds is 4. The van der Waals surface area contributed by atoms with Gasteiger partial charge in [0.25, 0.3) is 16.7 Å². The Hall–Kier alpha value is -5.72. The third-order valence-electron chi connectivity index (χ3n) is 15.5. The standard InChI is InChI=1S/C23H27N7O13P2S.C23H27N7O12P2S/c1-8-25-17-9(19(33)26-8)3-5-30(17)22-16-13(31)11(40-22)6-38-44(35,36)42-15-12(7-39-45(37,46)43-16)41-21(14(15)32)29-4-2-10-18(29)27-23(24)28-20(10)34;24-11-1-4-26-18-9(11)2-5-29(18)22-17-14(31)12(39-22)7-37-43(34,35)41-16-13(8-38-44(36,45)42-17)40-21(15(16)32)30-6-3-10-19(30)27-23(25)28-20(10)33/h2-5,11-16,21-22,31-32H,6-7H2,1H3,(H,35,36)(H,37,46)(H,25,26,33)(H3,24,27,28,34);1-6,12-17,21-22,31-32H,7-8H2,(H2,24,26)(H,34,35)(H,36,45)(H3,25,27,28,33)/t11-,12-,13?,14?,15+,16+,21-,22-,45?;12-,13-,14?,15?,16+,17+,21-,22-,44?/m11/s1. The molecule has 0 saturated carbocycles. The number of aromatic amines is 3. The average molecular weight is 1390 g/mol. The minimum atomic E-state index is -5.02. The summed E-state index contributed by atoms with van der Waals surface area (Å²) in [5.74, 6) is -0.121. The van der Waals surface area contributed by atoms with Crippen LogP contribution in [0.5, 0.6) is 0 Å². The molecule has 0 radical (unpaired) electrons. The molecule has 490 valence electrons. The number of nitrogens with zero attached hydrogens (tertiary/aromatic N) is 8. The van der Waals surface area contributed by atoms with Gasteiger partial charge in [-0.3, -0.25) is 56.0 Å². The lowest BCUT2D eigenvalue weighted by molar-refractivity contribution is -0.0634. The van der Waals surface area contributed by atoms with Crippen LogP contribution in [0, 0.1) is 6.92 Å².